The minimum atomic E-state index is 0.0916. The van der Waals surface area contributed by atoms with E-state index in [4.69, 9.17) is 9.47 Å². The number of hydrogen-bond acceptors (Lipinski definition) is 3. The van der Waals surface area contributed by atoms with Crippen molar-refractivity contribution in [3.05, 3.63) is 65.2 Å². The van der Waals surface area contributed by atoms with Gasteiger partial charge in [-0.25, -0.2) is 0 Å². The van der Waals surface area contributed by atoms with Crippen LogP contribution in [-0.4, -0.2) is 14.2 Å². The summed E-state index contributed by atoms with van der Waals surface area (Å²) in [5.41, 5.74) is 3.64. The third kappa shape index (κ3) is 2.94. The van der Waals surface area contributed by atoms with Crippen molar-refractivity contribution in [2.45, 2.75) is 25.2 Å². The van der Waals surface area contributed by atoms with Gasteiger partial charge in [-0.1, -0.05) is 42.5 Å². The molecule has 0 amide bonds. The van der Waals surface area contributed by atoms with E-state index in [0.29, 0.717) is 12.6 Å². The highest BCUT2D eigenvalue weighted by Crippen LogP contribution is 2.40. The average Bonchev–Trinajstić information content (AvgIpc) is 2.55. The molecule has 0 fully saturated rings. The summed E-state index contributed by atoms with van der Waals surface area (Å²) in [6.07, 6.45) is 1.03. The van der Waals surface area contributed by atoms with E-state index >= 15 is 0 Å². The first-order chi connectivity index (χ1) is 10.3. The van der Waals surface area contributed by atoms with Gasteiger partial charge in [0.25, 0.3) is 0 Å². The fourth-order valence-corrected chi connectivity index (χ4v) is 2.89. The van der Waals surface area contributed by atoms with Crippen molar-refractivity contribution in [1.29, 1.82) is 0 Å². The summed E-state index contributed by atoms with van der Waals surface area (Å²) in [5, 5.41) is 3.39. The van der Waals surface area contributed by atoms with Crippen molar-refractivity contribution in [2.75, 3.05) is 14.2 Å². The number of methoxy groups -OCH3 is 1. The summed E-state index contributed by atoms with van der Waals surface area (Å²) in [5.74, 6) is 0.981. The Labute approximate surface area is 125 Å². The molecule has 0 saturated heterocycles. The van der Waals surface area contributed by atoms with E-state index in [1.807, 2.05) is 19.2 Å². The van der Waals surface area contributed by atoms with E-state index in [0.717, 1.165) is 12.2 Å². The van der Waals surface area contributed by atoms with Crippen LogP contribution in [-0.2, 0) is 11.3 Å². The fourth-order valence-electron chi connectivity index (χ4n) is 2.89. The molecule has 21 heavy (non-hydrogen) atoms. The zero-order chi connectivity index (χ0) is 14.7. The SMILES string of the molecule is CNC1CC(c2ccc(COC)cc2)Oc2ccccc21. The van der Waals surface area contributed by atoms with Gasteiger partial charge in [0.2, 0.25) is 0 Å². The number of para-hydroxylation sites is 1. The van der Waals surface area contributed by atoms with Crippen LogP contribution in [0.4, 0.5) is 0 Å². The lowest BCUT2D eigenvalue weighted by Gasteiger charge is -2.32. The number of ether oxygens (including phenoxy) is 2. The van der Waals surface area contributed by atoms with Gasteiger partial charge in [-0.2, -0.15) is 0 Å². The largest absolute Gasteiger partial charge is 0.485 e. The molecule has 3 heteroatoms. The second-order valence-corrected chi connectivity index (χ2v) is 5.40. The van der Waals surface area contributed by atoms with E-state index in [1.54, 1.807) is 7.11 Å². The standard InChI is InChI=1S/C18H21NO2/c1-19-16-11-18(21-17-6-4-3-5-15(16)17)14-9-7-13(8-10-14)12-20-2/h3-10,16,18-19H,11-12H2,1-2H3. The van der Waals surface area contributed by atoms with Gasteiger partial charge in [-0.3, -0.25) is 0 Å². The Morgan fingerprint density at radius 3 is 2.62 bits per heavy atom. The number of hydrogen-bond donors (Lipinski definition) is 1. The van der Waals surface area contributed by atoms with Crippen LogP contribution in [0.2, 0.25) is 0 Å². The van der Waals surface area contributed by atoms with Gasteiger partial charge in [0.15, 0.2) is 0 Å². The first-order valence-electron chi connectivity index (χ1n) is 7.32. The molecule has 0 radical (unpaired) electrons. The Bertz CT molecular complexity index is 594. The average molecular weight is 283 g/mol. The molecule has 110 valence electrons. The maximum absolute atomic E-state index is 6.18. The Hall–Kier alpha value is -1.84. The van der Waals surface area contributed by atoms with Crippen molar-refractivity contribution < 1.29 is 9.47 Å². The van der Waals surface area contributed by atoms with Crippen molar-refractivity contribution in [3.8, 4) is 5.75 Å². The molecule has 1 aliphatic heterocycles. The maximum atomic E-state index is 6.18. The summed E-state index contributed by atoms with van der Waals surface area (Å²) in [7, 11) is 3.72. The van der Waals surface area contributed by atoms with Gasteiger partial charge in [0.05, 0.1) is 6.61 Å². The summed E-state index contributed by atoms with van der Waals surface area (Å²) in [6, 6.07) is 17.1. The molecule has 1 heterocycles. The summed E-state index contributed by atoms with van der Waals surface area (Å²) in [4.78, 5) is 0. The molecule has 0 spiro atoms. The summed E-state index contributed by atoms with van der Waals surface area (Å²) in [6.45, 7) is 0.647. The van der Waals surface area contributed by atoms with Crippen LogP contribution in [0.15, 0.2) is 48.5 Å². The molecule has 0 aliphatic carbocycles. The molecule has 1 aliphatic rings. The molecule has 3 rings (SSSR count). The summed E-state index contributed by atoms with van der Waals surface area (Å²) < 4.78 is 11.3. The topological polar surface area (TPSA) is 30.5 Å². The van der Waals surface area contributed by atoms with Crippen molar-refractivity contribution in [3.63, 3.8) is 0 Å². The van der Waals surface area contributed by atoms with Gasteiger partial charge < -0.3 is 14.8 Å². The smallest absolute Gasteiger partial charge is 0.126 e. The molecular formula is C18H21NO2. The third-order valence-corrected chi connectivity index (χ3v) is 4.02. The van der Waals surface area contributed by atoms with Crippen LogP contribution in [0, 0.1) is 0 Å². The number of nitrogens with one attached hydrogen (secondary N) is 1. The second-order valence-electron chi connectivity index (χ2n) is 5.40. The van der Waals surface area contributed by atoms with E-state index < -0.39 is 0 Å². The molecule has 2 aromatic rings. The molecule has 0 aromatic heterocycles. The van der Waals surface area contributed by atoms with Gasteiger partial charge >= 0.3 is 0 Å². The number of rotatable bonds is 4. The van der Waals surface area contributed by atoms with Crippen LogP contribution in [0.5, 0.6) is 5.75 Å². The highest BCUT2D eigenvalue weighted by molar-refractivity contribution is 5.39. The molecule has 3 nitrogen and oxygen atoms in total. The van der Waals surface area contributed by atoms with E-state index in [-0.39, 0.29) is 6.10 Å². The van der Waals surface area contributed by atoms with Crippen molar-refractivity contribution >= 4 is 0 Å². The second kappa shape index (κ2) is 6.29. The molecule has 1 N–H and O–H groups in total. The third-order valence-electron chi connectivity index (χ3n) is 4.02. The normalized spacial score (nSPS) is 20.7. The van der Waals surface area contributed by atoms with Crippen LogP contribution in [0.1, 0.15) is 35.3 Å². The fraction of sp³-hybridized carbons (Fsp3) is 0.333. The van der Waals surface area contributed by atoms with Crippen LogP contribution in [0.25, 0.3) is 0 Å². The number of fused-ring (bicyclic) bond motifs is 1. The van der Waals surface area contributed by atoms with Crippen LogP contribution in [0.3, 0.4) is 0 Å². The van der Waals surface area contributed by atoms with Gasteiger partial charge in [0.1, 0.15) is 11.9 Å². The Kier molecular flexibility index (Phi) is 4.23. The zero-order valence-corrected chi connectivity index (χ0v) is 12.5. The van der Waals surface area contributed by atoms with E-state index in [9.17, 15) is 0 Å². The van der Waals surface area contributed by atoms with Gasteiger partial charge in [-0.05, 0) is 24.2 Å². The molecular weight excluding hydrogens is 262 g/mol. The summed E-state index contributed by atoms with van der Waals surface area (Å²) >= 11 is 0. The van der Waals surface area contributed by atoms with Crippen LogP contribution < -0.4 is 10.1 Å². The van der Waals surface area contributed by atoms with E-state index in [2.05, 4.69) is 41.7 Å². The van der Waals surface area contributed by atoms with Crippen molar-refractivity contribution in [2.24, 2.45) is 0 Å². The molecule has 0 saturated carbocycles. The molecule has 0 bridgehead atoms. The predicted molar refractivity (Wildman–Crippen MR) is 83.4 cm³/mol. The predicted octanol–water partition coefficient (Wildman–Crippen LogP) is 3.62. The molecule has 2 unspecified atom stereocenters. The van der Waals surface area contributed by atoms with E-state index in [1.165, 1.54) is 16.7 Å². The van der Waals surface area contributed by atoms with Crippen molar-refractivity contribution in [1.82, 2.24) is 5.32 Å². The lowest BCUT2D eigenvalue weighted by Crippen LogP contribution is -2.26. The molecule has 2 atom stereocenters. The minimum Gasteiger partial charge on any atom is -0.485 e. The highest BCUT2D eigenvalue weighted by atomic mass is 16.5. The van der Waals surface area contributed by atoms with Gasteiger partial charge in [0, 0.05) is 25.1 Å². The van der Waals surface area contributed by atoms with Crippen LogP contribution >= 0.6 is 0 Å². The quantitative estimate of drug-likeness (QED) is 0.929. The monoisotopic (exact) mass is 283 g/mol. The van der Waals surface area contributed by atoms with Gasteiger partial charge in [-0.15, -0.1) is 0 Å². The lowest BCUT2D eigenvalue weighted by atomic mass is 9.93. The number of benzene rings is 2. The Balaban J connectivity index is 1.84. The lowest BCUT2D eigenvalue weighted by molar-refractivity contribution is 0.153. The highest BCUT2D eigenvalue weighted by Gasteiger charge is 2.27. The first kappa shape index (κ1) is 14.1. The Morgan fingerprint density at radius 1 is 1.14 bits per heavy atom. The Morgan fingerprint density at radius 2 is 1.90 bits per heavy atom. The first-order valence-corrected chi connectivity index (χ1v) is 7.32. The maximum Gasteiger partial charge on any atom is 0.126 e. The molecule has 2 aromatic carbocycles. The minimum absolute atomic E-state index is 0.0916. The zero-order valence-electron chi connectivity index (χ0n) is 12.5.